The fraction of sp³-hybridized carbons (Fsp3) is 0.333. The maximum Gasteiger partial charge on any atom is 0.240 e. The molecule has 0 spiro atoms. The summed E-state index contributed by atoms with van der Waals surface area (Å²) in [6, 6.07) is 25.4. The zero-order valence-electron chi connectivity index (χ0n) is 18.8. The van der Waals surface area contributed by atoms with Crippen LogP contribution >= 0.6 is 0 Å². The van der Waals surface area contributed by atoms with Gasteiger partial charge in [-0.3, -0.25) is 14.7 Å². The van der Waals surface area contributed by atoms with Gasteiger partial charge in [0.2, 0.25) is 5.91 Å². The number of nitrogens with zero attached hydrogens (tertiary/aromatic N) is 2. The zero-order chi connectivity index (χ0) is 22.7. The van der Waals surface area contributed by atoms with Crippen molar-refractivity contribution in [2.45, 2.75) is 25.1 Å². The van der Waals surface area contributed by atoms with E-state index in [-0.39, 0.29) is 18.0 Å². The van der Waals surface area contributed by atoms with Gasteiger partial charge in [0.1, 0.15) is 6.04 Å². The van der Waals surface area contributed by atoms with Crippen molar-refractivity contribution in [2.75, 3.05) is 32.9 Å². The van der Waals surface area contributed by atoms with Gasteiger partial charge < -0.3 is 14.8 Å². The summed E-state index contributed by atoms with van der Waals surface area (Å²) in [6.45, 7) is 3.47. The summed E-state index contributed by atoms with van der Waals surface area (Å²) >= 11 is 0. The lowest BCUT2D eigenvalue weighted by Crippen LogP contribution is -2.54. The Morgan fingerprint density at radius 2 is 1.67 bits per heavy atom. The maximum atomic E-state index is 13.6. The number of morpholine rings is 1. The Bertz CT molecular complexity index is 964. The standard InChI is InChI=1S/C27H31N3O3/c31-27(29-25(23-11-5-2-6-12-23)19-24-13-7-8-14-28-24)26(30-15-17-32-18-16-30)21-33-20-22-9-3-1-4-10-22/h1-14,25-26H,15-21H2,(H,29,31)/t25?,26-/m0/s1. The van der Waals surface area contributed by atoms with Crippen molar-refractivity contribution < 1.29 is 14.3 Å². The molecule has 33 heavy (non-hydrogen) atoms. The molecule has 2 heterocycles. The Morgan fingerprint density at radius 3 is 2.36 bits per heavy atom. The SMILES string of the molecule is O=C(NC(Cc1ccccn1)c1ccccc1)[C@H](COCc1ccccc1)N1CCOCC1. The van der Waals surface area contributed by atoms with Gasteiger partial charge in [-0.05, 0) is 23.3 Å². The van der Waals surface area contributed by atoms with Crippen molar-refractivity contribution in [3.05, 3.63) is 102 Å². The topological polar surface area (TPSA) is 63.7 Å². The highest BCUT2D eigenvalue weighted by Crippen LogP contribution is 2.19. The molecule has 1 aliphatic rings. The van der Waals surface area contributed by atoms with Gasteiger partial charge in [-0.1, -0.05) is 66.7 Å². The Balaban J connectivity index is 1.47. The van der Waals surface area contributed by atoms with Gasteiger partial charge in [0.05, 0.1) is 32.5 Å². The highest BCUT2D eigenvalue weighted by atomic mass is 16.5. The van der Waals surface area contributed by atoms with Crippen molar-refractivity contribution >= 4 is 5.91 Å². The third-order valence-corrected chi connectivity index (χ3v) is 5.83. The second-order valence-electron chi connectivity index (χ2n) is 8.16. The first kappa shape index (κ1) is 23.1. The Hall–Kier alpha value is -3.06. The molecule has 6 nitrogen and oxygen atoms in total. The fourth-order valence-corrected chi connectivity index (χ4v) is 4.03. The van der Waals surface area contributed by atoms with E-state index >= 15 is 0 Å². The van der Waals surface area contributed by atoms with E-state index in [4.69, 9.17) is 9.47 Å². The van der Waals surface area contributed by atoms with E-state index in [1.165, 1.54) is 0 Å². The summed E-state index contributed by atoms with van der Waals surface area (Å²) < 4.78 is 11.5. The highest BCUT2D eigenvalue weighted by molar-refractivity contribution is 5.82. The number of hydrogen-bond donors (Lipinski definition) is 1. The molecule has 1 unspecified atom stereocenters. The van der Waals surface area contributed by atoms with Gasteiger partial charge in [0, 0.05) is 31.4 Å². The van der Waals surface area contributed by atoms with Gasteiger partial charge in [-0.25, -0.2) is 0 Å². The van der Waals surface area contributed by atoms with Crippen molar-refractivity contribution in [2.24, 2.45) is 0 Å². The summed E-state index contributed by atoms with van der Waals surface area (Å²) in [4.78, 5) is 20.2. The van der Waals surface area contributed by atoms with Crippen LogP contribution in [0.1, 0.15) is 22.9 Å². The van der Waals surface area contributed by atoms with Gasteiger partial charge in [0.15, 0.2) is 0 Å². The van der Waals surface area contributed by atoms with Crippen molar-refractivity contribution in [3.8, 4) is 0 Å². The van der Waals surface area contributed by atoms with Crippen molar-refractivity contribution in [1.82, 2.24) is 15.2 Å². The predicted molar refractivity (Wildman–Crippen MR) is 128 cm³/mol. The van der Waals surface area contributed by atoms with Crippen LogP contribution in [-0.4, -0.2) is 54.7 Å². The number of benzene rings is 2. The number of ether oxygens (including phenoxy) is 2. The number of rotatable bonds is 10. The van der Waals surface area contributed by atoms with E-state index in [1.807, 2.05) is 78.9 Å². The zero-order valence-corrected chi connectivity index (χ0v) is 18.8. The normalized spacial score (nSPS) is 16.1. The number of nitrogens with one attached hydrogen (secondary N) is 1. The molecule has 6 heteroatoms. The molecule has 1 aliphatic heterocycles. The number of amides is 1. The van der Waals surface area contributed by atoms with Crippen molar-refractivity contribution in [1.29, 1.82) is 0 Å². The molecular formula is C27H31N3O3. The van der Waals surface area contributed by atoms with Gasteiger partial charge in [-0.2, -0.15) is 0 Å². The molecule has 3 aromatic rings. The Kier molecular flexibility index (Phi) is 8.58. The van der Waals surface area contributed by atoms with E-state index in [9.17, 15) is 4.79 Å². The van der Waals surface area contributed by atoms with Crippen LogP contribution in [-0.2, 0) is 27.3 Å². The second-order valence-corrected chi connectivity index (χ2v) is 8.16. The number of carbonyl (C=O) groups excluding carboxylic acids is 1. The number of hydrogen-bond acceptors (Lipinski definition) is 5. The van der Waals surface area contributed by atoms with Crippen LogP contribution in [0.2, 0.25) is 0 Å². The number of aromatic nitrogens is 1. The van der Waals surface area contributed by atoms with Crippen LogP contribution in [0.3, 0.4) is 0 Å². The first-order valence-electron chi connectivity index (χ1n) is 11.5. The van der Waals surface area contributed by atoms with E-state index in [2.05, 4.69) is 15.2 Å². The first-order valence-corrected chi connectivity index (χ1v) is 11.5. The maximum absolute atomic E-state index is 13.6. The summed E-state index contributed by atoms with van der Waals surface area (Å²) in [5.41, 5.74) is 3.09. The Labute approximate surface area is 195 Å². The summed E-state index contributed by atoms with van der Waals surface area (Å²) in [5.74, 6) is -0.0326. The van der Waals surface area contributed by atoms with Crippen molar-refractivity contribution in [3.63, 3.8) is 0 Å². The summed E-state index contributed by atoms with van der Waals surface area (Å²) in [5, 5.41) is 3.29. The predicted octanol–water partition coefficient (Wildman–Crippen LogP) is 3.40. The van der Waals surface area contributed by atoms with E-state index in [0.717, 1.165) is 16.8 Å². The van der Waals surface area contributed by atoms with Crippen LogP contribution in [0.15, 0.2) is 85.1 Å². The molecule has 0 bridgehead atoms. The van der Waals surface area contributed by atoms with Crippen LogP contribution in [0.5, 0.6) is 0 Å². The molecule has 4 rings (SSSR count). The first-order chi connectivity index (χ1) is 16.3. The number of pyridine rings is 1. The average molecular weight is 446 g/mol. The van der Waals surface area contributed by atoms with Gasteiger partial charge in [0.25, 0.3) is 0 Å². The third-order valence-electron chi connectivity index (χ3n) is 5.83. The largest absolute Gasteiger partial charge is 0.379 e. The molecule has 0 aliphatic carbocycles. The Morgan fingerprint density at radius 1 is 0.970 bits per heavy atom. The molecule has 1 aromatic heterocycles. The lowest BCUT2D eigenvalue weighted by atomic mass is 10.0. The molecule has 172 valence electrons. The average Bonchev–Trinajstić information content (AvgIpc) is 2.88. The van der Waals surface area contributed by atoms with Gasteiger partial charge >= 0.3 is 0 Å². The van der Waals surface area contributed by atoms with Crippen LogP contribution in [0.4, 0.5) is 0 Å². The highest BCUT2D eigenvalue weighted by Gasteiger charge is 2.29. The third kappa shape index (κ3) is 6.96. The van der Waals surface area contributed by atoms with E-state index in [1.54, 1.807) is 6.20 Å². The molecule has 1 amide bonds. The van der Waals surface area contributed by atoms with E-state index in [0.29, 0.717) is 45.9 Å². The number of carbonyl (C=O) groups is 1. The molecule has 2 aromatic carbocycles. The quantitative estimate of drug-likeness (QED) is 0.518. The van der Waals surface area contributed by atoms with Crippen LogP contribution in [0, 0.1) is 0 Å². The monoisotopic (exact) mass is 445 g/mol. The summed E-state index contributed by atoms with van der Waals surface area (Å²) in [6.07, 6.45) is 2.41. The fourth-order valence-electron chi connectivity index (χ4n) is 4.03. The molecule has 0 saturated carbocycles. The summed E-state index contributed by atoms with van der Waals surface area (Å²) in [7, 11) is 0. The molecule has 1 saturated heterocycles. The molecule has 1 fully saturated rings. The molecule has 0 radical (unpaired) electrons. The molecular weight excluding hydrogens is 414 g/mol. The smallest absolute Gasteiger partial charge is 0.240 e. The molecule has 2 atom stereocenters. The minimum absolute atomic E-state index is 0.0326. The van der Waals surface area contributed by atoms with E-state index < -0.39 is 0 Å². The lowest BCUT2D eigenvalue weighted by Gasteiger charge is -2.34. The minimum atomic E-state index is -0.382. The lowest BCUT2D eigenvalue weighted by molar-refractivity contribution is -0.132. The second kappa shape index (κ2) is 12.3. The van der Waals surface area contributed by atoms with Gasteiger partial charge in [-0.15, -0.1) is 0 Å². The minimum Gasteiger partial charge on any atom is -0.379 e. The van der Waals surface area contributed by atoms with Crippen LogP contribution in [0.25, 0.3) is 0 Å². The van der Waals surface area contributed by atoms with Crippen LogP contribution < -0.4 is 5.32 Å². The molecule has 1 N–H and O–H groups in total.